The van der Waals surface area contributed by atoms with Crippen molar-refractivity contribution in [1.82, 2.24) is 15.0 Å². The maximum atomic E-state index is 12.7. The van der Waals surface area contributed by atoms with E-state index < -0.39 is 11.9 Å². The number of para-hydroxylation sites is 1. The second-order valence-electron chi connectivity index (χ2n) is 4.60. The van der Waals surface area contributed by atoms with E-state index in [-0.39, 0.29) is 6.01 Å². The van der Waals surface area contributed by atoms with Gasteiger partial charge < -0.3 is 4.74 Å². The predicted octanol–water partition coefficient (Wildman–Crippen LogP) is 4.35. The van der Waals surface area contributed by atoms with Crippen molar-refractivity contribution in [3.63, 3.8) is 0 Å². The van der Waals surface area contributed by atoms with E-state index in [4.69, 9.17) is 4.74 Å². The average Bonchev–Trinajstić information content (AvgIpc) is 2.56. The van der Waals surface area contributed by atoms with E-state index in [0.29, 0.717) is 16.9 Å². The van der Waals surface area contributed by atoms with Gasteiger partial charge in [0.1, 0.15) is 11.4 Å². The summed E-state index contributed by atoms with van der Waals surface area (Å²) in [5.41, 5.74) is -0.184. The van der Waals surface area contributed by atoms with Crippen molar-refractivity contribution in [1.29, 1.82) is 0 Å². The molecule has 0 amide bonds. The monoisotopic (exact) mass is 317 g/mol. The Kier molecular flexibility index (Phi) is 3.92. The van der Waals surface area contributed by atoms with Crippen LogP contribution < -0.4 is 4.74 Å². The van der Waals surface area contributed by atoms with Crippen LogP contribution in [0.4, 0.5) is 13.2 Å². The second kappa shape index (κ2) is 6.04. The zero-order chi connectivity index (χ0) is 16.3. The molecule has 0 spiro atoms. The van der Waals surface area contributed by atoms with Crippen LogP contribution in [-0.4, -0.2) is 15.0 Å². The highest BCUT2D eigenvalue weighted by atomic mass is 19.4. The molecule has 3 rings (SSSR count). The van der Waals surface area contributed by atoms with Crippen molar-refractivity contribution in [3.05, 3.63) is 66.7 Å². The Hall–Kier alpha value is -2.96. The van der Waals surface area contributed by atoms with E-state index in [0.717, 1.165) is 12.3 Å². The van der Waals surface area contributed by atoms with Gasteiger partial charge in [-0.2, -0.15) is 13.2 Å². The minimum absolute atomic E-state index is 0.116. The number of benzene rings is 1. The first-order chi connectivity index (χ1) is 11.0. The summed E-state index contributed by atoms with van der Waals surface area (Å²) in [6.07, 6.45) is -0.582. The summed E-state index contributed by atoms with van der Waals surface area (Å²) in [6, 6.07) is 11.5. The summed E-state index contributed by atoms with van der Waals surface area (Å²) in [6.45, 7) is 0. The lowest BCUT2D eigenvalue weighted by Crippen LogP contribution is -2.07. The number of halogens is 3. The van der Waals surface area contributed by atoms with Crippen LogP contribution in [0.2, 0.25) is 0 Å². The predicted molar refractivity (Wildman–Crippen MR) is 76.8 cm³/mol. The summed E-state index contributed by atoms with van der Waals surface area (Å²) in [4.78, 5) is 11.3. The molecule has 7 heteroatoms. The van der Waals surface area contributed by atoms with Crippen molar-refractivity contribution in [2.45, 2.75) is 6.18 Å². The lowest BCUT2D eigenvalue weighted by Gasteiger charge is -2.08. The summed E-state index contributed by atoms with van der Waals surface area (Å²) in [5, 5.41) is 0. The summed E-state index contributed by atoms with van der Waals surface area (Å²) in [5.74, 6) is 0.573. The van der Waals surface area contributed by atoms with Crippen LogP contribution in [0, 0.1) is 0 Å². The zero-order valence-electron chi connectivity index (χ0n) is 11.7. The van der Waals surface area contributed by atoms with Crippen molar-refractivity contribution < 1.29 is 17.9 Å². The van der Waals surface area contributed by atoms with Gasteiger partial charge in [-0.25, -0.2) is 9.97 Å². The molecule has 116 valence electrons. The van der Waals surface area contributed by atoms with Crippen LogP contribution in [0.1, 0.15) is 5.69 Å². The molecule has 4 nitrogen and oxygen atoms in total. The Labute approximate surface area is 129 Å². The molecule has 0 aliphatic carbocycles. The van der Waals surface area contributed by atoms with Gasteiger partial charge in [0.15, 0.2) is 0 Å². The smallest absolute Gasteiger partial charge is 0.424 e. The van der Waals surface area contributed by atoms with Gasteiger partial charge in [-0.05, 0) is 29.8 Å². The summed E-state index contributed by atoms with van der Waals surface area (Å²) in [7, 11) is 0. The Bertz CT molecular complexity index is 790. The minimum atomic E-state index is -4.49. The quantitative estimate of drug-likeness (QED) is 0.720. The van der Waals surface area contributed by atoms with Gasteiger partial charge in [0.2, 0.25) is 0 Å². The topological polar surface area (TPSA) is 47.9 Å². The molecule has 0 unspecified atom stereocenters. The molecule has 0 aliphatic rings. The normalized spacial score (nSPS) is 11.3. The van der Waals surface area contributed by atoms with Crippen molar-refractivity contribution in [2.75, 3.05) is 0 Å². The number of pyridine rings is 1. The third-order valence-electron chi connectivity index (χ3n) is 2.96. The van der Waals surface area contributed by atoms with Crippen molar-refractivity contribution >= 4 is 0 Å². The fourth-order valence-corrected chi connectivity index (χ4v) is 1.88. The van der Waals surface area contributed by atoms with Crippen LogP contribution in [0.25, 0.3) is 11.1 Å². The average molecular weight is 317 g/mol. The number of alkyl halides is 3. The molecule has 0 N–H and O–H groups in total. The molecule has 3 aromatic rings. The zero-order valence-corrected chi connectivity index (χ0v) is 11.7. The second-order valence-corrected chi connectivity index (χ2v) is 4.60. The molecule has 0 saturated carbocycles. The third-order valence-corrected chi connectivity index (χ3v) is 2.96. The number of ether oxygens (including phenoxy) is 1. The van der Waals surface area contributed by atoms with Gasteiger partial charge in [-0.1, -0.05) is 18.2 Å². The van der Waals surface area contributed by atoms with E-state index in [1.807, 2.05) is 6.07 Å². The van der Waals surface area contributed by atoms with Gasteiger partial charge in [0.05, 0.1) is 0 Å². The van der Waals surface area contributed by atoms with Gasteiger partial charge >= 0.3 is 12.2 Å². The number of hydrogen-bond acceptors (Lipinski definition) is 4. The van der Waals surface area contributed by atoms with E-state index >= 15 is 0 Å². The molecule has 2 aromatic heterocycles. The summed E-state index contributed by atoms with van der Waals surface area (Å²) >= 11 is 0. The molecular formula is C16H10F3N3O. The number of aromatic nitrogens is 3. The minimum Gasteiger partial charge on any atom is -0.424 e. The Morgan fingerprint density at radius 1 is 0.826 bits per heavy atom. The fourth-order valence-electron chi connectivity index (χ4n) is 1.88. The first-order valence-electron chi connectivity index (χ1n) is 6.61. The van der Waals surface area contributed by atoms with E-state index in [1.165, 1.54) is 18.5 Å². The van der Waals surface area contributed by atoms with Crippen LogP contribution in [0.5, 0.6) is 11.8 Å². The van der Waals surface area contributed by atoms with E-state index in [1.54, 1.807) is 24.3 Å². The van der Waals surface area contributed by atoms with Gasteiger partial charge in [0.25, 0.3) is 0 Å². The largest absolute Gasteiger partial charge is 0.433 e. The highest BCUT2D eigenvalue weighted by molar-refractivity contribution is 5.61. The van der Waals surface area contributed by atoms with E-state index in [9.17, 15) is 13.2 Å². The molecule has 0 aliphatic heterocycles. The molecule has 0 fully saturated rings. The first-order valence-corrected chi connectivity index (χ1v) is 6.61. The Morgan fingerprint density at radius 3 is 2.17 bits per heavy atom. The lowest BCUT2D eigenvalue weighted by atomic mass is 10.1. The first kappa shape index (κ1) is 15.0. The lowest BCUT2D eigenvalue weighted by molar-refractivity contribution is -0.141. The molecule has 0 radical (unpaired) electrons. The molecule has 23 heavy (non-hydrogen) atoms. The number of rotatable bonds is 3. The Balaban J connectivity index is 1.82. The van der Waals surface area contributed by atoms with Gasteiger partial charge in [-0.15, -0.1) is 0 Å². The maximum Gasteiger partial charge on any atom is 0.433 e. The van der Waals surface area contributed by atoms with Gasteiger partial charge in [-0.3, -0.25) is 4.98 Å². The molecular weight excluding hydrogens is 307 g/mol. The van der Waals surface area contributed by atoms with Crippen molar-refractivity contribution in [3.8, 4) is 22.9 Å². The van der Waals surface area contributed by atoms with Crippen LogP contribution >= 0.6 is 0 Å². The molecule has 2 heterocycles. The molecule has 0 atom stereocenters. The van der Waals surface area contributed by atoms with Crippen LogP contribution in [-0.2, 0) is 6.18 Å². The highest BCUT2D eigenvalue weighted by Crippen LogP contribution is 2.30. The number of hydrogen-bond donors (Lipinski definition) is 0. The fraction of sp³-hybridized carbons (Fsp3) is 0.0625. The molecule has 1 aromatic carbocycles. The standard InChI is InChI=1S/C16H10F3N3O/c17-16(18,19)14-8-11(6-7-20-14)12-9-21-15(22-10-12)23-13-4-2-1-3-5-13/h1-10H. The highest BCUT2D eigenvalue weighted by Gasteiger charge is 2.32. The van der Waals surface area contributed by atoms with Crippen LogP contribution in [0.3, 0.4) is 0 Å². The SMILES string of the molecule is FC(F)(F)c1cc(-c2cnc(Oc3ccccc3)nc2)ccn1. The maximum absolute atomic E-state index is 12.7. The van der Waals surface area contributed by atoms with Crippen molar-refractivity contribution in [2.24, 2.45) is 0 Å². The summed E-state index contributed by atoms with van der Waals surface area (Å²) < 4.78 is 43.5. The number of nitrogens with zero attached hydrogens (tertiary/aromatic N) is 3. The molecule has 0 saturated heterocycles. The van der Waals surface area contributed by atoms with Crippen LogP contribution in [0.15, 0.2) is 61.1 Å². The van der Waals surface area contributed by atoms with Gasteiger partial charge in [0, 0.05) is 24.2 Å². The molecule has 0 bridgehead atoms. The third kappa shape index (κ3) is 3.63. The Morgan fingerprint density at radius 2 is 1.52 bits per heavy atom. The van der Waals surface area contributed by atoms with E-state index in [2.05, 4.69) is 15.0 Å².